The summed E-state index contributed by atoms with van der Waals surface area (Å²) in [4.78, 5) is 0. The van der Waals surface area contributed by atoms with Crippen LogP contribution in [0.15, 0.2) is 12.1 Å². The Kier molecular flexibility index (Phi) is 3.03. The van der Waals surface area contributed by atoms with Crippen molar-refractivity contribution in [2.24, 2.45) is 11.8 Å². The van der Waals surface area contributed by atoms with Gasteiger partial charge in [0, 0.05) is 12.6 Å². The molecule has 1 aromatic carbocycles. The van der Waals surface area contributed by atoms with Gasteiger partial charge < -0.3 is 10.1 Å². The molecule has 1 unspecified atom stereocenters. The van der Waals surface area contributed by atoms with Gasteiger partial charge in [-0.2, -0.15) is 0 Å². The number of hydrogen-bond acceptors (Lipinski definition) is 2. The number of rotatable bonds is 2. The van der Waals surface area contributed by atoms with E-state index in [9.17, 15) is 4.39 Å². The zero-order valence-electron chi connectivity index (χ0n) is 10.0. The van der Waals surface area contributed by atoms with E-state index in [1.54, 1.807) is 13.2 Å². The van der Waals surface area contributed by atoms with Crippen molar-refractivity contribution < 1.29 is 9.13 Å². The van der Waals surface area contributed by atoms with Gasteiger partial charge in [-0.05, 0) is 29.9 Å². The summed E-state index contributed by atoms with van der Waals surface area (Å²) in [7, 11) is 1.57. The third-order valence-electron chi connectivity index (χ3n) is 3.33. The fraction of sp³-hybridized carbons (Fsp3) is 0.538. The normalized spacial score (nSPS) is 19.2. The molecule has 1 aliphatic heterocycles. The molecular weight excluding hydrogens is 205 g/mol. The Morgan fingerprint density at radius 3 is 2.81 bits per heavy atom. The largest absolute Gasteiger partial charge is 0.494 e. The Bertz CT molecular complexity index is 390. The predicted molar refractivity (Wildman–Crippen MR) is 63.5 cm³/mol. The maximum Gasteiger partial charge on any atom is 0.145 e. The monoisotopic (exact) mass is 223 g/mol. The Morgan fingerprint density at radius 2 is 2.19 bits per heavy atom. The zero-order chi connectivity index (χ0) is 11.7. The first-order valence-electron chi connectivity index (χ1n) is 5.72. The summed E-state index contributed by atoms with van der Waals surface area (Å²) in [6, 6.07) is 3.04. The molecule has 0 spiro atoms. The molecule has 0 saturated heterocycles. The van der Waals surface area contributed by atoms with Gasteiger partial charge in [0.1, 0.15) is 11.6 Å². The van der Waals surface area contributed by atoms with Crippen molar-refractivity contribution in [3.8, 4) is 5.75 Å². The fourth-order valence-electron chi connectivity index (χ4n) is 2.22. The summed E-state index contributed by atoms with van der Waals surface area (Å²) in [5.41, 5.74) is 1.99. The minimum Gasteiger partial charge on any atom is -0.494 e. The summed E-state index contributed by atoms with van der Waals surface area (Å²) in [6.45, 7) is 5.34. The number of ether oxygens (including phenoxy) is 1. The van der Waals surface area contributed by atoms with Crippen LogP contribution in [0.4, 0.5) is 10.1 Å². The molecule has 1 aliphatic rings. The molecule has 0 bridgehead atoms. The highest BCUT2D eigenvalue weighted by molar-refractivity contribution is 5.63. The molecule has 16 heavy (non-hydrogen) atoms. The molecule has 2 rings (SSSR count). The smallest absolute Gasteiger partial charge is 0.145 e. The van der Waals surface area contributed by atoms with Crippen molar-refractivity contribution in [2.45, 2.75) is 20.3 Å². The van der Waals surface area contributed by atoms with E-state index >= 15 is 0 Å². The summed E-state index contributed by atoms with van der Waals surface area (Å²) >= 11 is 0. The van der Waals surface area contributed by atoms with Gasteiger partial charge in [0.15, 0.2) is 0 Å². The maximum atomic E-state index is 13.4. The number of fused-ring (bicyclic) bond motifs is 1. The lowest BCUT2D eigenvalue weighted by Gasteiger charge is -2.29. The molecule has 0 saturated carbocycles. The van der Waals surface area contributed by atoms with Crippen LogP contribution in [0.2, 0.25) is 0 Å². The van der Waals surface area contributed by atoms with Crippen LogP contribution < -0.4 is 10.1 Å². The Hall–Kier alpha value is -1.25. The Morgan fingerprint density at radius 1 is 1.44 bits per heavy atom. The Labute approximate surface area is 95.8 Å². The highest BCUT2D eigenvalue weighted by Crippen LogP contribution is 2.36. The standard InChI is InChI=1S/C13H18FNO/c1-8(2)10-4-9-5-11(14)6-12(16-3)13(9)15-7-10/h5-6,8,10,15H,4,7H2,1-3H3. The van der Waals surface area contributed by atoms with Gasteiger partial charge in [-0.1, -0.05) is 13.8 Å². The van der Waals surface area contributed by atoms with Crippen LogP contribution in [0.3, 0.4) is 0 Å². The molecule has 0 radical (unpaired) electrons. The molecule has 1 aromatic rings. The van der Waals surface area contributed by atoms with Crippen molar-refractivity contribution in [1.29, 1.82) is 0 Å². The highest BCUT2D eigenvalue weighted by Gasteiger charge is 2.23. The first-order chi connectivity index (χ1) is 7.61. The van der Waals surface area contributed by atoms with E-state index in [0.29, 0.717) is 17.6 Å². The molecular formula is C13H18FNO. The number of nitrogens with one attached hydrogen (secondary N) is 1. The second-order valence-electron chi connectivity index (χ2n) is 4.73. The lowest BCUT2D eigenvalue weighted by Crippen LogP contribution is -2.27. The molecule has 0 aliphatic carbocycles. The van der Waals surface area contributed by atoms with Gasteiger partial charge in [-0.3, -0.25) is 0 Å². The van der Waals surface area contributed by atoms with Gasteiger partial charge in [0.25, 0.3) is 0 Å². The van der Waals surface area contributed by atoms with Crippen LogP contribution in [0, 0.1) is 17.7 Å². The topological polar surface area (TPSA) is 21.3 Å². The van der Waals surface area contributed by atoms with E-state index in [2.05, 4.69) is 19.2 Å². The summed E-state index contributed by atoms with van der Waals surface area (Å²) in [5.74, 6) is 1.56. The number of halogens is 1. The van der Waals surface area contributed by atoms with E-state index in [-0.39, 0.29) is 5.82 Å². The number of benzene rings is 1. The van der Waals surface area contributed by atoms with Crippen LogP contribution in [0.25, 0.3) is 0 Å². The minimum atomic E-state index is -0.221. The lowest BCUT2D eigenvalue weighted by molar-refractivity contribution is 0.382. The van der Waals surface area contributed by atoms with Crippen LogP contribution in [-0.4, -0.2) is 13.7 Å². The van der Waals surface area contributed by atoms with Crippen LogP contribution in [0.5, 0.6) is 5.75 Å². The summed E-state index contributed by atoms with van der Waals surface area (Å²) in [6.07, 6.45) is 0.925. The average Bonchev–Trinajstić information content (AvgIpc) is 2.26. The quantitative estimate of drug-likeness (QED) is 0.832. The Balaban J connectivity index is 2.35. The molecule has 3 heteroatoms. The molecule has 88 valence electrons. The van der Waals surface area contributed by atoms with E-state index in [4.69, 9.17) is 4.74 Å². The number of methoxy groups -OCH3 is 1. The van der Waals surface area contributed by atoms with Crippen molar-refractivity contribution in [1.82, 2.24) is 0 Å². The molecule has 1 atom stereocenters. The highest BCUT2D eigenvalue weighted by atomic mass is 19.1. The van der Waals surface area contributed by atoms with E-state index in [1.807, 2.05) is 0 Å². The third-order valence-corrected chi connectivity index (χ3v) is 3.33. The number of anilines is 1. The van der Waals surface area contributed by atoms with Crippen molar-refractivity contribution in [3.63, 3.8) is 0 Å². The van der Waals surface area contributed by atoms with Crippen molar-refractivity contribution >= 4 is 5.69 Å². The van der Waals surface area contributed by atoms with Crippen molar-refractivity contribution in [3.05, 3.63) is 23.5 Å². The first kappa shape index (κ1) is 11.2. The molecule has 1 N–H and O–H groups in total. The summed E-state index contributed by atoms with van der Waals surface area (Å²) < 4.78 is 18.5. The van der Waals surface area contributed by atoms with E-state index in [0.717, 1.165) is 24.2 Å². The van der Waals surface area contributed by atoms with Gasteiger partial charge in [-0.15, -0.1) is 0 Å². The average molecular weight is 223 g/mol. The molecule has 1 heterocycles. The second-order valence-corrected chi connectivity index (χ2v) is 4.73. The van der Waals surface area contributed by atoms with E-state index in [1.165, 1.54) is 6.07 Å². The maximum absolute atomic E-state index is 13.4. The van der Waals surface area contributed by atoms with Gasteiger partial charge in [0.05, 0.1) is 12.8 Å². The van der Waals surface area contributed by atoms with E-state index < -0.39 is 0 Å². The first-order valence-corrected chi connectivity index (χ1v) is 5.72. The molecule has 2 nitrogen and oxygen atoms in total. The zero-order valence-corrected chi connectivity index (χ0v) is 10.0. The molecule has 0 amide bonds. The van der Waals surface area contributed by atoms with Crippen LogP contribution >= 0.6 is 0 Å². The predicted octanol–water partition coefficient (Wildman–Crippen LogP) is 3.07. The minimum absolute atomic E-state index is 0.221. The van der Waals surface area contributed by atoms with Crippen LogP contribution in [-0.2, 0) is 6.42 Å². The SMILES string of the molecule is COc1cc(F)cc2c1NCC(C(C)C)C2. The lowest BCUT2D eigenvalue weighted by atomic mass is 9.85. The van der Waals surface area contributed by atoms with Crippen molar-refractivity contribution in [2.75, 3.05) is 19.0 Å². The molecule has 0 fully saturated rings. The van der Waals surface area contributed by atoms with Gasteiger partial charge in [-0.25, -0.2) is 4.39 Å². The molecule has 0 aromatic heterocycles. The van der Waals surface area contributed by atoms with Gasteiger partial charge in [0.2, 0.25) is 0 Å². The van der Waals surface area contributed by atoms with Crippen LogP contribution in [0.1, 0.15) is 19.4 Å². The fourth-order valence-corrected chi connectivity index (χ4v) is 2.22. The van der Waals surface area contributed by atoms with Gasteiger partial charge >= 0.3 is 0 Å². The second kappa shape index (κ2) is 4.32. The number of hydrogen-bond donors (Lipinski definition) is 1. The summed E-state index contributed by atoms with van der Waals surface area (Å²) in [5, 5.41) is 3.35. The third kappa shape index (κ3) is 1.99.